The molecule has 2 aliphatic rings. The number of piperidine rings is 1. The minimum absolute atomic E-state index is 0.0413. The first-order valence-corrected chi connectivity index (χ1v) is 11.1. The standard InChI is InChI=1S/C23H31N5O2/c1-18-5-2-3-14-26(18)15-4-12-24-23(30)20-8-6-19(7-9-20)17-27-21-10-13-25-28(21)16-11-22(27)29/h6-10,13,18H,2-5,11-12,14-17H2,1H3,(H,24,30)/t18-/m0/s1. The summed E-state index contributed by atoms with van der Waals surface area (Å²) < 4.78 is 1.86. The zero-order valence-electron chi connectivity index (χ0n) is 17.7. The molecule has 2 aliphatic heterocycles. The summed E-state index contributed by atoms with van der Waals surface area (Å²) in [6.45, 7) is 6.33. The maximum atomic E-state index is 12.4. The summed E-state index contributed by atoms with van der Waals surface area (Å²) in [5.41, 5.74) is 1.65. The van der Waals surface area contributed by atoms with Crippen LogP contribution in [-0.2, 0) is 17.9 Å². The van der Waals surface area contributed by atoms with Crippen LogP contribution in [0.3, 0.4) is 0 Å². The van der Waals surface area contributed by atoms with E-state index < -0.39 is 0 Å². The molecular weight excluding hydrogens is 378 g/mol. The van der Waals surface area contributed by atoms with E-state index in [1.54, 1.807) is 11.1 Å². The van der Waals surface area contributed by atoms with Crippen molar-refractivity contribution >= 4 is 17.6 Å². The van der Waals surface area contributed by atoms with Crippen LogP contribution in [-0.4, -0.2) is 52.2 Å². The van der Waals surface area contributed by atoms with Crippen molar-refractivity contribution in [2.75, 3.05) is 24.5 Å². The van der Waals surface area contributed by atoms with Gasteiger partial charge in [0.05, 0.1) is 19.3 Å². The number of carbonyl (C=O) groups excluding carboxylic acids is 2. The SMILES string of the molecule is C[C@H]1CCCCN1CCCNC(=O)c1ccc(CN2C(=O)CCn3nccc32)cc1. The average molecular weight is 410 g/mol. The molecule has 2 aromatic rings. The first-order valence-electron chi connectivity index (χ1n) is 11.1. The first kappa shape index (κ1) is 20.6. The Morgan fingerprint density at radius 1 is 1.17 bits per heavy atom. The Hall–Kier alpha value is -2.67. The molecule has 1 aromatic heterocycles. The molecule has 0 radical (unpaired) electrons. The predicted octanol–water partition coefficient (Wildman–Crippen LogP) is 2.81. The lowest BCUT2D eigenvalue weighted by Crippen LogP contribution is -2.39. The van der Waals surface area contributed by atoms with E-state index in [1.165, 1.54) is 25.8 Å². The van der Waals surface area contributed by atoms with Gasteiger partial charge in [0.25, 0.3) is 5.91 Å². The van der Waals surface area contributed by atoms with Crippen molar-refractivity contribution in [3.63, 3.8) is 0 Å². The van der Waals surface area contributed by atoms with E-state index in [9.17, 15) is 9.59 Å². The van der Waals surface area contributed by atoms with Gasteiger partial charge in [-0.1, -0.05) is 18.6 Å². The van der Waals surface area contributed by atoms with Crippen LogP contribution in [0.1, 0.15) is 54.9 Å². The second-order valence-corrected chi connectivity index (χ2v) is 8.33. The molecular formula is C23H31N5O2. The zero-order chi connectivity index (χ0) is 20.9. The molecule has 7 nitrogen and oxygen atoms in total. The molecule has 0 unspecified atom stereocenters. The van der Waals surface area contributed by atoms with Crippen molar-refractivity contribution in [2.45, 2.75) is 58.2 Å². The number of aromatic nitrogens is 2. The van der Waals surface area contributed by atoms with Gasteiger partial charge in [-0.25, -0.2) is 4.68 Å². The number of aryl methyl sites for hydroxylation is 1. The Morgan fingerprint density at radius 2 is 2.00 bits per heavy atom. The summed E-state index contributed by atoms with van der Waals surface area (Å²) in [7, 11) is 0. The normalized spacial score (nSPS) is 19.6. The van der Waals surface area contributed by atoms with Crippen LogP contribution in [0, 0.1) is 0 Å². The molecule has 1 fully saturated rings. The fraction of sp³-hybridized carbons (Fsp3) is 0.522. The summed E-state index contributed by atoms with van der Waals surface area (Å²) in [5.74, 6) is 0.893. The Labute approximate surface area is 178 Å². The van der Waals surface area contributed by atoms with Crippen molar-refractivity contribution < 1.29 is 9.59 Å². The molecule has 2 amide bonds. The molecule has 7 heteroatoms. The Kier molecular flexibility index (Phi) is 6.47. The fourth-order valence-electron chi connectivity index (χ4n) is 4.38. The molecule has 1 aromatic carbocycles. The second-order valence-electron chi connectivity index (χ2n) is 8.33. The molecule has 0 spiro atoms. The first-order chi connectivity index (χ1) is 14.6. The average Bonchev–Trinajstić information content (AvgIpc) is 3.24. The minimum atomic E-state index is -0.0413. The van der Waals surface area contributed by atoms with Gasteiger partial charge in [-0.15, -0.1) is 0 Å². The highest BCUT2D eigenvalue weighted by molar-refractivity contribution is 5.95. The largest absolute Gasteiger partial charge is 0.352 e. The molecule has 1 saturated heterocycles. The van der Waals surface area contributed by atoms with Crippen LogP contribution in [0.25, 0.3) is 0 Å². The molecule has 3 heterocycles. The van der Waals surface area contributed by atoms with Crippen molar-refractivity contribution in [1.82, 2.24) is 20.0 Å². The lowest BCUT2D eigenvalue weighted by atomic mass is 10.0. The number of benzene rings is 1. The van der Waals surface area contributed by atoms with Crippen molar-refractivity contribution in [2.24, 2.45) is 0 Å². The van der Waals surface area contributed by atoms with Crippen LogP contribution in [0.4, 0.5) is 5.82 Å². The molecule has 0 saturated carbocycles. The number of nitrogens with zero attached hydrogens (tertiary/aromatic N) is 4. The lowest BCUT2D eigenvalue weighted by Gasteiger charge is -2.33. The van der Waals surface area contributed by atoms with E-state index in [1.807, 2.05) is 35.0 Å². The van der Waals surface area contributed by atoms with Crippen molar-refractivity contribution in [3.8, 4) is 0 Å². The van der Waals surface area contributed by atoms with Gasteiger partial charge in [0, 0.05) is 37.2 Å². The van der Waals surface area contributed by atoms with Gasteiger partial charge in [0.1, 0.15) is 5.82 Å². The smallest absolute Gasteiger partial charge is 0.251 e. The molecule has 4 rings (SSSR count). The quantitative estimate of drug-likeness (QED) is 0.714. The van der Waals surface area contributed by atoms with Gasteiger partial charge >= 0.3 is 0 Å². The summed E-state index contributed by atoms with van der Waals surface area (Å²) in [6, 6.07) is 10.0. The number of hydrogen-bond acceptors (Lipinski definition) is 4. The van der Waals surface area contributed by atoms with E-state index in [4.69, 9.17) is 0 Å². The zero-order valence-corrected chi connectivity index (χ0v) is 17.7. The van der Waals surface area contributed by atoms with Gasteiger partial charge < -0.3 is 10.2 Å². The highest BCUT2D eigenvalue weighted by Crippen LogP contribution is 2.23. The van der Waals surface area contributed by atoms with E-state index >= 15 is 0 Å². The minimum Gasteiger partial charge on any atom is -0.352 e. The number of hydrogen-bond donors (Lipinski definition) is 1. The van der Waals surface area contributed by atoms with Crippen LogP contribution in [0.5, 0.6) is 0 Å². The number of fused-ring (bicyclic) bond motifs is 1. The van der Waals surface area contributed by atoms with Gasteiger partial charge in [-0.3, -0.25) is 14.5 Å². The van der Waals surface area contributed by atoms with Crippen molar-refractivity contribution in [1.29, 1.82) is 0 Å². The number of anilines is 1. The van der Waals surface area contributed by atoms with Gasteiger partial charge in [0.2, 0.25) is 5.91 Å². The maximum absolute atomic E-state index is 12.4. The molecule has 160 valence electrons. The van der Waals surface area contributed by atoms with Gasteiger partial charge in [-0.2, -0.15) is 5.10 Å². The fourth-order valence-corrected chi connectivity index (χ4v) is 4.38. The molecule has 30 heavy (non-hydrogen) atoms. The van der Waals surface area contributed by atoms with E-state index in [2.05, 4.69) is 22.2 Å². The Bertz CT molecular complexity index is 876. The van der Waals surface area contributed by atoms with Crippen molar-refractivity contribution in [3.05, 3.63) is 47.7 Å². The Morgan fingerprint density at radius 3 is 2.80 bits per heavy atom. The van der Waals surface area contributed by atoms with Crippen LogP contribution in [0.15, 0.2) is 36.5 Å². The summed E-state index contributed by atoms with van der Waals surface area (Å²) in [6.07, 6.45) is 7.06. The van der Waals surface area contributed by atoms with Gasteiger partial charge in [0.15, 0.2) is 0 Å². The molecule has 1 N–H and O–H groups in total. The number of likely N-dealkylation sites (tertiary alicyclic amines) is 1. The predicted molar refractivity (Wildman–Crippen MR) is 116 cm³/mol. The number of nitrogens with one attached hydrogen (secondary N) is 1. The maximum Gasteiger partial charge on any atom is 0.251 e. The molecule has 1 atom stereocenters. The summed E-state index contributed by atoms with van der Waals surface area (Å²) >= 11 is 0. The summed E-state index contributed by atoms with van der Waals surface area (Å²) in [5, 5.41) is 7.29. The molecule has 0 aliphatic carbocycles. The van der Waals surface area contributed by atoms with E-state index in [-0.39, 0.29) is 11.8 Å². The number of amides is 2. The third kappa shape index (κ3) is 4.73. The van der Waals surface area contributed by atoms with E-state index in [0.29, 0.717) is 37.7 Å². The number of rotatable bonds is 7. The summed E-state index contributed by atoms with van der Waals surface area (Å²) in [4.78, 5) is 29.1. The number of carbonyl (C=O) groups is 2. The lowest BCUT2D eigenvalue weighted by molar-refractivity contribution is -0.119. The topological polar surface area (TPSA) is 70.5 Å². The third-order valence-corrected chi connectivity index (χ3v) is 6.21. The van der Waals surface area contributed by atoms with Crippen LogP contribution >= 0.6 is 0 Å². The second kappa shape index (κ2) is 9.43. The highest BCUT2D eigenvalue weighted by atomic mass is 16.2. The highest BCUT2D eigenvalue weighted by Gasteiger charge is 2.24. The van der Waals surface area contributed by atoms with Gasteiger partial charge in [-0.05, 0) is 50.4 Å². The van der Waals surface area contributed by atoms with Crippen LogP contribution < -0.4 is 10.2 Å². The Balaban J connectivity index is 1.26. The van der Waals surface area contributed by atoms with Crippen LogP contribution in [0.2, 0.25) is 0 Å². The van der Waals surface area contributed by atoms with E-state index in [0.717, 1.165) is 24.3 Å². The molecule has 0 bridgehead atoms. The third-order valence-electron chi connectivity index (χ3n) is 6.21. The monoisotopic (exact) mass is 409 g/mol.